The molecule has 1 aliphatic rings. The number of morpholine rings is 1. The maximum atomic E-state index is 5.45. The van der Waals surface area contributed by atoms with Gasteiger partial charge in [-0.05, 0) is 37.6 Å². The maximum absolute atomic E-state index is 5.45. The van der Waals surface area contributed by atoms with Crippen LogP contribution in [0.5, 0.6) is 0 Å². The minimum Gasteiger partial charge on any atom is -0.379 e. The van der Waals surface area contributed by atoms with Crippen LogP contribution in [0.2, 0.25) is 0 Å². The van der Waals surface area contributed by atoms with Gasteiger partial charge < -0.3 is 10.1 Å². The van der Waals surface area contributed by atoms with Crippen LogP contribution in [-0.2, 0) is 11.3 Å². The number of rotatable bonds is 6. The average molecular weight is 377 g/mol. The van der Waals surface area contributed by atoms with Gasteiger partial charge >= 0.3 is 0 Å². The molecule has 1 saturated heterocycles. The Hall–Kier alpha value is -2.41. The summed E-state index contributed by atoms with van der Waals surface area (Å²) in [6, 6.07) is 12.6. The number of pyridine rings is 1. The highest BCUT2D eigenvalue weighted by Gasteiger charge is 2.22. The van der Waals surface area contributed by atoms with E-state index in [4.69, 9.17) is 9.72 Å². The number of hydrogen-bond acceptors (Lipinski definition) is 6. The Bertz CT molecular complexity index is 937. The highest BCUT2D eigenvalue weighted by atomic mass is 16.5. The van der Waals surface area contributed by atoms with Crippen LogP contribution in [0.1, 0.15) is 19.4 Å². The van der Waals surface area contributed by atoms with Crippen molar-refractivity contribution in [2.45, 2.75) is 25.9 Å². The summed E-state index contributed by atoms with van der Waals surface area (Å²) in [6.45, 7) is 10.1. The van der Waals surface area contributed by atoms with Crippen molar-refractivity contribution in [2.24, 2.45) is 0 Å². The molecule has 1 aliphatic heterocycles. The third-order valence-electron chi connectivity index (χ3n) is 5.08. The van der Waals surface area contributed by atoms with Gasteiger partial charge in [-0.1, -0.05) is 18.2 Å². The minimum atomic E-state index is 0.0336. The van der Waals surface area contributed by atoms with E-state index in [9.17, 15) is 0 Å². The lowest BCUT2D eigenvalue weighted by molar-refractivity contribution is 0.0269. The Morgan fingerprint density at radius 1 is 1.11 bits per heavy atom. The SMILES string of the molecule is CC(C)(CN1CCOCC1)NCc1cccc(-c2ccc3ncncc3n2)c1. The van der Waals surface area contributed by atoms with Crippen molar-refractivity contribution in [3.8, 4) is 11.3 Å². The second-order valence-corrected chi connectivity index (χ2v) is 7.95. The predicted octanol–water partition coefficient (Wildman–Crippen LogP) is 2.89. The predicted molar refractivity (Wildman–Crippen MR) is 111 cm³/mol. The largest absolute Gasteiger partial charge is 0.379 e. The van der Waals surface area contributed by atoms with E-state index >= 15 is 0 Å². The third kappa shape index (κ3) is 4.70. The molecule has 28 heavy (non-hydrogen) atoms. The molecule has 0 spiro atoms. The first-order valence-corrected chi connectivity index (χ1v) is 9.80. The van der Waals surface area contributed by atoms with Gasteiger partial charge in [0.05, 0.1) is 30.6 Å². The molecule has 1 N–H and O–H groups in total. The fourth-order valence-electron chi connectivity index (χ4n) is 3.59. The van der Waals surface area contributed by atoms with Gasteiger partial charge in [-0.2, -0.15) is 0 Å². The summed E-state index contributed by atoms with van der Waals surface area (Å²) in [4.78, 5) is 15.5. The molecule has 3 heterocycles. The average Bonchev–Trinajstić information content (AvgIpc) is 2.73. The van der Waals surface area contributed by atoms with Crippen molar-refractivity contribution in [2.75, 3.05) is 32.8 Å². The van der Waals surface area contributed by atoms with Gasteiger partial charge in [0.15, 0.2) is 0 Å². The Balaban J connectivity index is 1.44. The summed E-state index contributed by atoms with van der Waals surface area (Å²) in [6.07, 6.45) is 3.31. The first kappa shape index (κ1) is 18.9. The van der Waals surface area contributed by atoms with Crippen molar-refractivity contribution in [1.29, 1.82) is 0 Å². The fraction of sp³-hybridized carbons (Fsp3) is 0.409. The molecule has 0 unspecified atom stereocenters. The molecule has 6 nitrogen and oxygen atoms in total. The van der Waals surface area contributed by atoms with Gasteiger partial charge in [-0.25, -0.2) is 15.0 Å². The molecule has 0 bridgehead atoms. The van der Waals surface area contributed by atoms with Crippen LogP contribution in [0.25, 0.3) is 22.3 Å². The highest BCUT2D eigenvalue weighted by Crippen LogP contribution is 2.21. The molecule has 1 aromatic carbocycles. The van der Waals surface area contributed by atoms with Crippen molar-refractivity contribution in [3.05, 3.63) is 54.5 Å². The van der Waals surface area contributed by atoms with Gasteiger partial charge in [0.2, 0.25) is 0 Å². The minimum absolute atomic E-state index is 0.0336. The quantitative estimate of drug-likeness (QED) is 0.713. The van der Waals surface area contributed by atoms with Gasteiger partial charge in [-0.15, -0.1) is 0 Å². The lowest BCUT2D eigenvalue weighted by Crippen LogP contribution is -2.51. The molecule has 0 amide bonds. The molecule has 0 saturated carbocycles. The van der Waals surface area contributed by atoms with Crippen LogP contribution < -0.4 is 5.32 Å². The van der Waals surface area contributed by atoms with E-state index in [1.54, 1.807) is 12.5 Å². The van der Waals surface area contributed by atoms with E-state index in [-0.39, 0.29) is 5.54 Å². The Kier molecular flexibility index (Phi) is 5.62. The van der Waals surface area contributed by atoms with Crippen LogP contribution in [0.3, 0.4) is 0 Å². The summed E-state index contributed by atoms with van der Waals surface area (Å²) in [5.74, 6) is 0. The molecule has 1 fully saturated rings. The molecule has 4 rings (SSSR count). The molecule has 6 heteroatoms. The van der Waals surface area contributed by atoms with Gasteiger partial charge in [0.25, 0.3) is 0 Å². The number of benzene rings is 1. The third-order valence-corrected chi connectivity index (χ3v) is 5.08. The number of hydrogen-bond donors (Lipinski definition) is 1. The van der Waals surface area contributed by atoms with Crippen LogP contribution in [-0.4, -0.2) is 58.2 Å². The second-order valence-electron chi connectivity index (χ2n) is 7.95. The molecule has 146 valence electrons. The Labute approximate surface area is 166 Å². The number of aromatic nitrogens is 3. The smallest absolute Gasteiger partial charge is 0.116 e. The van der Waals surface area contributed by atoms with Crippen LogP contribution in [0.4, 0.5) is 0 Å². The zero-order valence-corrected chi connectivity index (χ0v) is 16.6. The molecule has 2 aromatic heterocycles. The molecule has 0 radical (unpaired) electrons. The van der Waals surface area contributed by atoms with Gasteiger partial charge in [-0.3, -0.25) is 4.90 Å². The standard InChI is InChI=1S/C22H27N5O/c1-22(2,15-27-8-10-28-11-9-27)25-13-17-4-3-5-18(12-17)19-6-7-20-21(26-19)14-23-16-24-20/h3-7,12,14,16,25H,8-11,13,15H2,1-2H3. The summed E-state index contributed by atoms with van der Waals surface area (Å²) in [7, 11) is 0. The zero-order valence-electron chi connectivity index (χ0n) is 16.6. The van der Waals surface area contributed by atoms with Crippen LogP contribution >= 0.6 is 0 Å². The van der Waals surface area contributed by atoms with E-state index in [2.05, 4.69) is 58.3 Å². The van der Waals surface area contributed by atoms with E-state index in [1.165, 1.54) is 5.56 Å². The van der Waals surface area contributed by atoms with E-state index in [0.29, 0.717) is 0 Å². The van der Waals surface area contributed by atoms with E-state index in [1.807, 2.05) is 12.1 Å². The molecular weight excluding hydrogens is 350 g/mol. The van der Waals surface area contributed by atoms with Crippen LogP contribution in [0.15, 0.2) is 48.9 Å². The monoisotopic (exact) mass is 377 g/mol. The Morgan fingerprint density at radius 2 is 1.96 bits per heavy atom. The Morgan fingerprint density at radius 3 is 2.82 bits per heavy atom. The summed E-state index contributed by atoms with van der Waals surface area (Å²) in [5, 5.41) is 3.71. The lowest BCUT2D eigenvalue weighted by Gasteiger charge is -2.35. The van der Waals surface area contributed by atoms with Gasteiger partial charge in [0, 0.05) is 37.3 Å². The van der Waals surface area contributed by atoms with Gasteiger partial charge in [0.1, 0.15) is 11.8 Å². The summed E-state index contributed by atoms with van der Waals surface area (Å²) in [5.41, 5.74) is 5.01. The maximum Gasteiger partial charge on any atom is 0.116 e. The molecule has 3 aromatic rings. The second kappa shape index (κ2) is 8.31. The van der Waals surface area contributed by atoms with Crippen molar-refractivity contribution in [3.63, 3.8) is 0 Å². The number of nitrogens with zero attached hydrogens (tertiary/aromatic N) is 4. The highest BCUT2D eigenvalue weighted by molar-refractivity contribution is 5.77. The zero-order chi connectivity index (χ0) is 19.4. The topological polar surface area (TPSA) is 63.2 Å². The summed E-state index contributed by atoms with van der Waals surface area (Å²) < 4.78 is 5.45. The molecule has 0 aliphatic carbocycles. The van der Waals surface area contributed by atoms with E-state index < -0.39 is 0 Å². The summed E-state index contributed by atoms with van der Waals surface area (Å²) >= 11 is 0. The van der Waals surface area contributed by atoms with E-state index in [0.717, 1.165) is 61.7 Å². The van der Waals surface area contributed by atoms with Crippen molar-refractivity contribution >= 4 is 11.0 Å². The fourth-order valence-corrected chi connectivity index (χ4v) is 3.59. The van der Waals surface area contributed by atoms with Crippen LogP contribution in [0, 0.1) is 0 Å². The first-order chi connectivity index (χ1) is 13.6. The number of ether oxygens (including phenoxy) is 1. The number of fused-ring (bicyclic) bond motifs is 1. The van der Waals surface area contributed by atoms with Crippen molar-refractivity contribution < 1.29 is 4.74 Å². The molecular formula is C22H27N5O. The lowest BCUT2D eigenvalue weighted by atomic mass is 10.0. The van der Waals surface area contributed by atoms with Crippen molar-refractivity contribution in [1.82, 2.24) is 25.2 Å². The molecule has 0 atom stereocenters. The normalized spacial score (nSPS) is 15.8. The number of nitrogens with one attached hydrogen (secondary N) is 1. The first-order valence-electron chi connectivity index (χ1n) is 9.80.